The van der Waals surface area contributed by atoms with Crippen LogP contribution in [0, 0.1) is 6.92 Å². The lowest BCUT2D eigenvalue weighted by atomic mass is 9.83. The standard InChI is InChI=1S/C31H40F2N6O2/c1-4-6-23-25(39-18-22(19-39)36-13-15-38(16-14-36)27(40)5-2)17-26(35-29(23)30(32)33)37-11-8-31(9-12-37)28-21(3)7-10-34-24(28)20-41-31/h5,7,10,17,22,30H,2,4,6,8-9,11-16,18-20H2,1,3H3. The number of rotatable bonds is 7. The molecule has 0 unspecified atom stereocenters. The maximum atomic E-state index is 14.4. The van der Waals surface area contributed by atoms with Gasteiger partial charge in [0.05, 0.1) is 17.9 Å². The van der Waals surface area contributed by atoms with Gasteiger partial charge in [-0.15, -0.1) is 0 Å². The highest BCUT2D eigenvalue weighted by Crippen LogP contribution is 2.46. The summed E-state index contributed by atoms with van der Waals surface area (Å²) in [6, 6.07) is 4.43. The summed E-state index contributed by atoms with van der Waals surface area (Å²) in [4.78, 5) is 29.7. The number of fused-ring (bicyclic) bond motifs is 2. The molecular weight excluding hydrogens is 526 g/mol. The third-order valence-electron chi connectivity index (χ3n) is 9.42. The molecule has 8 nitrogen and oxygen atoms in total. The molecule has 3 saturated heterocycles. The molecule has 0 saturated carbocycles. The lowest BCUT2D eigenvalue weighted by molar-refractivity contribution is -0.128. The molecule has 2 aromatic rings. The SMILES string of the molecule is C=CC(=O)N1CCN(C2CN(c3cc(N4CCC5(CC4)OCc4nccc(C)c45)nc(C(F)F)c3CCC)C2)CC1. The minimum atomic E-state index is -2.63. The van der Waals surface area contributed by atoms with Crippen molar-refractivity contribution >= 4 is 17.4 Å². The number of hydrogen-bond donors (Lipinski definition) is 0. The summed E-state index contributed by atoms with van der Waals surface area (Å²) in [5.41, 5.74) is 4.56. The number of amides is 1. The Labute approximate surface area is 241 Å². The highest BCUT2D eigenvalue weighted by Gasteiger charge is 2.45. The average Bonchev–Trinajstić information content (AvgIpc) is 3.32. The second kappa shape index (κ2) is 11.3. The van der Waals surface area contributed by atoms with E-state index in [4.69, 9.17) is 4.74 Å². The fourth-order valence-electron chi connectivity index (χ4n) is 7.13. The Kier molecular flexibility index (Phi) is 7.72. The number of nitrogens with zero attached hydrogens (tertiary/aromatic N) is 6. The van der Waals surface area contributed by atoms with Gasteiger partial charge >= 0.3 is 0 Å². The molecular formula is C31H40F2N6O2. The number of aromatic nitrogens is 2. The number of piperazine rings is 1. The van der Waals surface area contributed by atoms with Crippen molar-refractivity contribution in [3.63, 3.8) is 0 Å². The molecule has 4 aliphatic heterocycles. The number of aryl methyl sites for hydroxylation is 1. The van der Waals surface area contributed by atoms with Gasteiger partial charge < -0.3 is 19.4 Å². The maximum absolute atomic E-state index is 14.4. The Hall–Kier alpha value is -3.11. The van der Waals surface area contributed by atoms with Crippen LogP contribution in [0.3, 0.4) is 0 Å². The van der Waals surface area contributed by atoms with Crippen molar-refractivity contribution < 1.29 is 18.3 Å². The third kappa shape index (κ3) is 5.09. The number of ether oxygens (including phenoxy) is 1. The third-order valence-corrected chi connectivity index (χ3v) is 9.42. The van der Waals surface area contributed by atoms with Gasteiger partial charge in [-0.05, 0) is 43.9 Å². The van der Waals surface area contributed by atoms with Gasteiger partial charge in [-0.3, -0.25) is 14.7 Å². The number of carbonyl (C=O) groups is 1. The summed E-state index contributed by atoms with van der Waals surface area (Å²) in [6.07, 6.45) is 3.49. The molecule has 1 spiro atoms. The topological polar surface area (TPSA) is 65.0 Å². The maximum Gasteiger partial charge on any atom is 0.280 e. The molecule has 41 heavy (non-hydrogen) atoms. The lowest BCUT2D eigenvalue weighted by Gasteiger charge is -2.49. The Morgan fingerprint density at radius 3 is 2.56 bits per heavy atom. The Bertz CT molecular complexity index is 1300. The first-order valence-electron chi connectivity index (χ1n) is 14.9. The number of hydrogen-bond acceptors (Lipinski definition) is 7. The van der Waals surface area contributed by atoms with E-state index in [1.807, 2.05) is 30.2 Å². The minimum absolute atomic E-state index is 0.0212. The molecule has 4 aliphatic rings. The van der Waals surface area contributed by atoms with Crippen LogP contribution < -0.4 is 9.80 Å². The number of alkyl halides is 2. The largest absolute Gasteiger partial charge is 0.368 e. The summed E-state index contributed by atoms with van der Waals surface area (Å²) < 4.78 is 35.2. The van der Waals surface area contributed by atoms with Crippen LogP contribution in [-0.2, 0) is 28.2 Å². The molecule has 10 heteroatoms. The molecule has 2 aromatic heterocycles. The van der Waals surface area contributed by atoms with E-state index in [2.05, 4.69) is 38.2 Å². The monoisotopic (exact) mass is 566 g/mol. The molecule has 0 radical (unpaired) electrons. The molecule has 0 aliphatic carbocycles. The first-order chi connectivity index (χ1) is 19.8. The predicted molar refractivity (Wildman–Crippen MR) is 154 cm³/mol. The molecule has 3 fully saturated rings. The zero-order valence-corrected chi connectivity index (χ0v) is 24.1. The molecule has 6 rings (SSSR count). The number of piperidine rings is 1. The minimum Gasteiger partial charge on any atom is -0.368 e. The van der Waals surface area contributed by atoms with E-state index >= 15 is 0 Å². The van der Waals surface area contributed by atoms with E-state index in [0.29, 0.717) is 56.6 Å². The van der Waals surface area contributed by atoms with E-state index in [9.17, 15) is 13.6 Å². The van der Waals surface area contributed by atoms with E-state index in [-0.39, 0.29) is 17.2 Å². The van der Waals surface area contributed by atoms with E-state index < -0.39 is 6.43 Å². The van der Waals surface area contributed by atoms with Crippen LogP contribution in [0.15, 0.2) is 31.0 Å². The van der Waals surface area contributed by atoms with Crippen molar-refractivity contribution in [2.75, 3.05) is 62.2 Å². The Morgan fingerprint density at radius 2 is 1.90 bits per heavy atom. The Balaban J connectivity index is 1.19. The fraction of sp³-hybridized carbons (Fsp3) is 0.581. The van der Waals surface area contributed by atoms with Gasteiger partial charge in [-0.1, -0.05) is 19.9 Å². The van der Waals surface area contributed by atoms with Crippen molar-refractivity contribution in [1.82, 2.24) is 19.8 Å². The predicted octanol–water partition coefficient (Wildman–Crippen LogP) is 4.22. The van der Waals surface area contributed by atoms with E-state index in [1.54, 1.807) is 0 Å². The van der Waals surface area contributed by atoms with Crippen LogP contribution >= 0.6 is 0 Å². The highest BCUT2D eigenvalue weighted by atomic mass is 19.3. The molecule has 6 heterocycles. The number of carbonyl (C=O) groups excluding carboxylic acids is 1. The highest BCUT2D eigenvalue weighted by molar-refractivity contribution is 5.87. The van der Waals surface area contributed by atoms with Gasteiger partial charge in [-0.25, -0.2) is 13.8 Å². The van der Waals surface area contributed by atoms with Gasteiger partial charge in [0.15, 0.2) is 0 Å². The Morgan fingerprint density at radius 1 is 1.17 bits per heavy atom. The summed E-state index contributed by atoms with van der Waals surface area (Å²) >= 11 is 0. The number of halogens is 2. The second-order valence-electron chi connectivity index (χ2n) is 11.8. The second-order valence-corrected chi connectivity index (χ2v) is 11.8. The van der Waals surface area contributed by atoms with Gasteiger partial charge in [0.2, 0.25) is 5.91 Å². The molecule has 0 bridgehead atoms. The molecule has 220 valence electrons. The quantitative estimate of drug-likeness (QED) is 0.465. The van der Waals surface area contributed by atoms with Gasteiger partial charge in [-0.2, -0.15) is 0 Å². The number of pyridine rings is 2. The molecule has 1 amide bonds. The molecule has 0 atom stereocenters. The lowest BCUT2D eigenvalue weighted by Crippen LogP contribution is -2.63. The van der Waals surface area contributed by atoms with Crippen LogP contribution in [-0.4, -0.2) is 84.1 Å². The first kappa shape index (κ1) is 28.0. The van der Waals surface area contributed by atoms with E-state index in [1.165, 1.54) is 17.2 Å². The van der Waals surface area contributed by atoms with Crippen LogP contribution in [0.25, 0.3) is 0 Å². The van der Waals surface area contributed by atoms with Gasteiger partial charge in [0.25, 0.3) is 6.43 Å². The van der Waals surface area contributed by atoms with Crippen molar-refractivity contribution in [3.05, 3.63) is 59.1 Å². The van der Waals surface area contributed by atoms with Gasteiger partial charge in [0.1, 0.15) is 11.5 Å². The summed E-state index contributed by atoms with van der Waals surface area (Å²) in [6.45, 7) is 14.2. The van der Waals surface area contributed by atoms with Crippen molar-refractivity contribution in [3.8, 4) is 0 Å². The van der Waals surface area contributed by atoms with Crippen LogP contribution in [0.4, 0.5) is 20.3 Å². The van der Waals surface area contributed by atoms with Crippen LogP contribution in [0.2, 0.25) is 0 Å². The normalized spacial score (nSPS) is 21.0. The number of anilines is 2. The van der Waals surface area contributed by atoms with Gasteiger partial charge in [0, 0.05) is 87.5 Å². The van der Waals surface area contributed by atoms with Crippen molar-refractivity contribution in [1.29, 1.82) is 0 Å². The summed E-state index contributed by atoms with van der Waals surface area (Å²) in [5, 5.41) is 0. The average molecular weight is 567 g/mol. The van der Waals surface area contributed by atoms with Crippen molar-refractivity contribution in [2.24, 2.45) is 0 Å². The first-order valence-corrected chi connectivity index (χ1v) is 14.9. The smallest absolute Gasteiger partial charge is 0.280 e. The van der Waals surface area contributed by atoms with Crippen LogP contribution in [0.5, 0.6) is 0 Å². The van der Waals surface area contributed by atoms with Crippen LogP contribution in [0.1, 0.15) is 60.7 Å². The summed E-state index contributed by atoms with van der Waals surface area (Å²) in [7, 11) is 0. The zero-order valence-electron chi connectivity index (χ0n) is 24.1. The fourth-order valence-corrected chi connectivity index (χ4v) is 7.13. The van der Waals surface area contributed by atoms with E-state index in [0.717, 1.165) is 56.8 Å². The summed E-state index contributed by atoms with van der Waals surface area (Å²) in [5.74, 6) is 0.609. The molecule has 0 aromatic carbocycles. The molecule has 0 N–H and O–H groups in total. The zero-order chi connectivity index (χ0) is 28.7. The van der Waals surface area contributed by atoms with Crippen molar-refractivity contribution in [2.45, 2.75) is 64.2 Å².